The molecule has 0 radical (unpaired) electrons. The number of hydrogen-bond donors (Lipinski definition) is 2. The average molecular weight is 301 g/mol. The number of aromatic hydroxyl groups is 1. The Morgan fingerprint density at radius 1 is 1.14 bits per heavy atom. The minimum Gasteiger partial charge on any atom is -0.507 e. The van der Waals surface area contributed by atoms with E-state index in [0.29, 0.717) is 23.2 Å². The zero-order chi connectivity index (χ0) is 15.1. The van der Waals surface area contributed by atoms with Gasteiger partial charge in [-0.1, -0.05) is 5.16 Å². The van der Waals surface area contributed by atoms with Crippen LogP contribution in [0.2, 0.25) is 0 Å². The van der Waals surface area contributed by atoms with Crippen LogP contribution in [-0.2, 0) is 0 Å². The number of anilines is 1. The van der Waals surface area contributed by atoms with Crippen LogP contribution in [0.1, 0.15) is 16.7 Å². The molecule has 1 aromatic carbocycles. The molecule has 0 aliphatic heterocycles. The maximum atomic E-state index is 9.82. The van der Waals surface area contributed by atoms with Gasteiger partial charge in [-0.2, -0.15) is 4.98 Å². The van der Waals surface area contributed by atoms with Crippen molar-refractivity contribution in [3.63, 3.8) is 0 Å². The summed E-state index contributed by atoms with van der Waals surface area (Å²) in [5, 5.41) is 15.8. The average Bonchev–Trinajstić information content (AvgIpc) is 3.04. The fraction of sp³-hybridized carbons (Fsp3) is 0.200. The summed E-state index contributed by atoms with van der Waals surface area (Å²) in [7, 11) is 0. The second kappa shape index (κ2) is 4.89. The minimum atomic E-state index is 0.292. The molecule has 3 aromatic rings. The van der Waals surface area contributed by atoms with Gasteiger partial charge in [0.15, 0.2) is 0 Å². The van der Waals surface area contributed by atoms with E-state index < -0.39 is 0 Å². The lowest BCUT2D eigenvalue weighted by Gasteiger charge is -2.04. The van der Waals surface area contributed by atoms with E-state index in [1.165, 1.54) is 11.3 Å². The van der Waals surface area contributed by atoms with Crippen molar-refractivity contribution in [3.8, 4) is 27.9 Å². The van der Waals surface area contributed by atoms with Gasteiger partial charge in [-0.25, -0.2) is 0 Å². The monoisotopic (exact) mass is 301 g/mol. The standard InChI is InChI=1S/C15H15N3O2S/c1-7-4-10(5-8(2)12(7)19)14-17-15(20-18-14)13-11(16)9(3)6-21-13/h4-6,19H,16H2,1-3H3. The molecule has 2 aromatic heterocycles. The largest absolute Gasteiger partial charge is 0.507 e. The maximum absolute atomic E-state index is 9.82. The fourth-order valence-electron chi connectivity index (χ4n) is 2.14. The molecule has 0 unspecified atom stereocenters. The van der Waals surface area contributed by atoms with E-state index in [4.69, 9.17) is 10.3 Å². The van der Waals surface area contributed by atoms with E-state index in [1.807, 2.05) is 38.3 Å². The molecule has 0 amide bonds. The highest BCUT2D eigenvalue weighted by Gasteiger charge is 2.17. The van der Waals surface area contributed by atoms with Crippen molar-refractivity contribution in [2.45, 2.75) is 20.8 Å². The van der Waals surface area contributed by atoms with Crippen LogP contribution in [0, 0.1) is 20.8 Å². The number of benzene rings is 1. The van der Waals surface area contributed by atoms with E-state index in [-0.39, 0.29) is 0 Å². The second-order valence-corrected chi connectivity index (χ2v) is 5.92. The van der Waals surface area contributed by atoms with Crippen molar-refractivity contribution in [3.05, 3.63) is 34.2 Å². The first-order valence-corrected chi connectivity index (χ1v) is 7.33. The van der Waals surface area contributed by atoms with Crippen molar-refractivity contribution >= 4 is 17.0 Å². The topological polar surface area (TPSA) is 85.2 Å². The molecule has 3 rings (SSSR count). The van der Waals surface area contributed by atoms with Crippen LogP contribution < -0.4 is 5.73 Å². The van der Waals surface area contributed by atoms with Gasteiger partial charge in [-0.15, -0.1) is 11.3 Å². The molecule has 0 saturated heterocycles. The third kappa shape index (κ3) is 2.27. The SMILES string of the molecule is Cc1csc(-c2nc(-c3cc(C)c(O)c(C)c3)no2)c1N. The van der Waals surface area contributed by atoms with Gasteiger partial charge < -0.3 is 15.4 Å². The van der Waals surface area contributed by atoms with Gasteiger partial charge in [0.05, 0.1) is 5.69 Å². The van der Waals surface area contributed by atoms with E-state index >= 15 is 0 Å². The highest BCUT2D eigenvalue weighted by Crippen LogP contribution is 2.35. The number of hydrogen-bond acceptors (Lipinski definition) is 6. The number of phenolic OH excluding ortho intramolecular Hbond substituents is 1. The van der Waals surface area contributed by atoms with Crippen LogP contribution >= 0.6 is 11.3 Å². The molecule has 3 N–H and O–H groups in total. The zero-order valence-corrected chi connectivity index (χ0v) is 12.8. The lowest BCUT2D eigenvalue weighted by molar-refractivity contribution is 0.433. The summed E-state index contributed by atoms with van der Waals surface area (Å²) in [6.45, 7) is 5.63. The van der Waals surface area contributed by atoms with Gasteiger partial charge in [0.1, 0.15) is 10.6 Å². The number of aryl methyl sites for hydroxylation is 3. The van der Waals surface area contributed by atoms with Crippen molar-refractivity contribution in [1.82, 2.24) is 10.1 Å². The first-order chi connectivity index (χ1) is 9.97. The Labute approximate surface area is 126 Å². The first kappa shape index (κ1) is 13.6. The lowest BCUT2D eigenvalue weighted by Crippen LogP contribution is -1.88. The molecular weight excluding hydrogens is 286 g/mol. The van der Waals surface area contributed by atoms with Crippen molar-refractivity contribution in [1.29, 1.82) is 0 Å². The molecule has 2 heterocycles. The number of rotatable bonds is 2. The van der Waals surface area contributed by atoms with Gasteiger partial charge in [0, 0.05) is 5.56 Å². The first-order valence-electron chi connectivity index (χ1n) is 6.45. The second-order valence-electron chi connectivity index (χ2n) is 5.04. The van der Waals surface area contributed by atoms with E-state index in [9.17, 15) is 5.11 Å². The zero-order valence-electron chi connectivity index (χ0n) is 12.0. The summed E-state index contributed by atoms with van der Waals surface area (Å²) in [6.07, 6.45) is 0. The molecule has 0 spiro atoms. The summed E-state index contributed by atoms with van der Waals surface area (Å²) in [6, 6.07) is 3.67. The Morgan fingerprint density at radius 3 is 2.38 bits per heavy atom. The molecule has 0 bridgehead atoms. The van der Waals surface area contributed by atoms with Crippen LogP contribution in [-0.4, -0.2) is 15.2 Å². The summed E-state index contributed by atoms with van der Waals surface area (Å²) >= 11 is 1.49. The summed E-state index contributed by atoms with van der Waals surface area (Å²) < 4.78 is 5.32. The fourth-order valence-corrected chi connectivity index (χ4v) is 3.03. The van der Waals surface area contributed by atoms with E-state index in [2.05, 4.69) is 10.1 Å². The highest BCUT2D eigenvalue weighted by atomic mass is 32.1. The molecule has 0 aliphatic carbocycles. The Bertz CT molecular complexity index is 797. The maximum Gasteiger partial charge on any atom is 0.270 e. The molecular formula is C15H15N3O2S. The van der Waals surface area contributed by atoms with Gasteiger partial charge in [-0.3, -0.25) is 0 Å². The molecule has 21 heavy (non-hydrogen) atoms. The number of nitrogen functional groups attached to an aromatic ring is 1. The quantitative estimate of drug-likeness (QED) is 0.754. The molecule has 108 valence electrons. The number of phenols is 1. The highest BCUT2D eigenvalue weighted by molar-refractivity contribution is 7.14. The summed E-state index contributed by atoms with van der Waals surface area (Å²) in [5.41, 5.74) is 10.1. The van der Waals surface area contributed by atoms with Gasteiger partial charge in [-0.05, 0) is 55.0 Å². The number of thiophene rings is 1. The summed E-state index contributed by atoms with van der Waals surface area (Å²) in [5.74, 6) is 1.20. The molecule has 0 atom stereocenters. The van der Waals surface area contributed by atoms with Gasteiger partial charge >= 0.3 is 0 Å². The van der Waals surface area contributed by atoms with Crippen LogP contribution in [0.3, 0.4) is 0 Å². The molecule has 0 fully saturated rings. The molecule has 0 saturated carbocycles. The Kier molecular flexibility index (Phi) is 3.17. The Morgan fingerprint density at radius 2 is 1.81 bits per heavy atom. The van der Waals surface area contributed by atoms with Gasteiger partial charge in [0.2, 0.25) is 5.82 Å². The molecule has 0 aliphatic rings. The third-order valence-corrected chi connectivity index (χ3v) is 4.49. The summed E-state index contributed by atoms with van der Waals surface area (Å²) in [4.78, 5) is 5.20. The number of nitrogens with zero attached hydrogens (tertiary/aromatic N) is 2. The predicted octanol–water partition coefficient (Wildman–Crippen LogP) is 3.68. The van der Waals surface area contributed by atoms with E-state index in [1.54, 1.807) is 0 Å². The smallest absolute Gasteiger partial charge is 0.270 e. The predicted molar refractivity (Wildman–Crippen MR) is 83.3 cm³/mol. The van der Waals surface area contributed by atoms with Crippen LogP contribution in [0.25, 0.3) is 22.2 Å². The van der Waals surface area contributed by atoms with Crippen molar-refractivity contribution < 1.29 is 9.63 Å². The van der Waals surface area contributed by atoms with E-state index in [0.717, 1.165) is 27.1 Å². The normalized spacial score (nSPS) is 11.0. The Balaban J connectivity index is 2.05. The lowest BCUT2D eigenvalue weighted by atomic mass is 10.1. The van der Waals surface area contributed by atoms with Crippen molar-refractivity contribution in [2.75, 3.05) is 5.73 Å². The van der Waals surface area contributed by atoms with Crippen LogP contribution in [0.15, 0.2) is 22.0 Å². The van der Waals surface area contributed by atoms with Crippen LogP contribution in [0.4, 0.5) is 5.69 Å². The number of nitrogens with two attached hydrogens (primary N) is 1. The third-order valence-electron chi connectivity index (χ3n) is 3.39. The van der Waals surface area contributed by atoms with Crippen LogP contribution in [0.5, 0.6) is 5.75 Å². The molecule has 6 heteroatoms. The van der Waals surface area contributed by atoms with Gasteiger partial charge in [0.25, 0.3) is 5.89 Å². The molecule has 5 nitrogen and oxygen atoms in total. The van der Waals surface area contributed by atoms with Crippen molar-refractivity contribution in [2.24, 2.45) is 0 Å². The number of aromatic nitrogens is 2. The Hall–Kier alpha value is -2.34. The minimum absolute atomic E-state index is 0.292.